The van der Waals surface area contributed by atoms with E-state index in [0.29, 0.717) is 16.7 Å². The van der Waals surface area contributed by atoms with Gasteiger partial charge < -0.3 is 20.0 Å². The first-order valence-corrected chi connectivity index (χ1v) is 9.32. The molecule has 0 saturated heterocycles. The van der Waals surface area contributed by atoms with Crippen LogP contribution in [0.25, 0.3) is 0 Å². The van der Waals surface area contributed by atoms with Crippen LogP contribution in [0.3, 0.4) is 0 Å². The minimum Gasteiger partial charge on any atom is -0.507 e. The molecule has 0 unspecified atom stereocenters. The Balaban J connectivity index is 2.33. The van der Waals surface area contributed by atoms with Gasteiger partial charge in [-0.3, -0.25) is 0 Å². The summed E-state index contributed by atoms with van der Waals surface area (Å²) in [7, 11) is 7.87. The molecule has 0 fully saturated rings. The van der Waals surface area contributed by atoms with Crippen LogP contribution in [-0.2, 0) is 5.60 Å². The lowest BCUT2D eigenvalue weighted by molar-refractivity contribution is 0.122. The van der Waals surface area contributed by atoms with Crippen molar-refractivity contribution < 1.29 is 10.2 Å². The van der Waals surface area contributed by atoms with E-state index in [2.05, 4.69) is 0 Å². The largest absolute Gasteiger partial charge is 0.507 e. The minimum atomic E-state index is -1.49. The molecule has 0 aliphatic carbocycles. The number of phenols is 1. The zero-order chi connectivity index (χ0) is 20.5. The molecule has 3 rings (SSSR count). The van der Waals surface area contributed by atoms with Crippen LogP contribution >= 0.6 is 0 Å². The van der Waals surface area contributed by atoms with Crippen LogP contribution in [0.1, 0.15) is 22.3 Å². The van der Waals surface area contributed by atoms with Crippen molar-refractivity contribution in [1.82, 2.24) is 0 Å². The van der Waals surface area contributed by atoms with Crippen molar-refractivity contribution in [3.8, 4) is 5.75 Å². The number of aliphatic hydroxyl groups is 1. The Hall–Kier alpha value is -2.98. The molecule has 0 aliphatic rings. The van der Waals surface area contributed by atoms with Gasteiger partial charge in [-0.2, -0.15) is 0 Å². The van der Waals surface area contributed by atoms with Gasteiger partial charge in [-0.25, -0.2) is 0 Å². The summed E-state index contributed by atoms with van der Waals surface area (Å²) in [5, 5.41) is 23.0. The first-order chi connectivity index (χ1) is 13.2. The summed E-state index contributed by atoms with van der Waals surface area (Å²) >= 11 is 0. The third-order valence-corrected chi connectivity index (χ3v) is 5.19. The van der Waals surface area contributed by atoms with Gasteiger partial charge in [0.25, 0.3) is 0 Å². The highest BCUT2D eigenvalue weighted by atomic mass is 16.3. The number of anilines is 2. The Kier molecular flexibility index (Phi) is 5.34. The van der Waals surface area contributed by atoms with E-state index in [0.717, 1.165) is 16.9 Å². The van der Waals surface area contributed by atoms with Crippen molar-refractivity contribution in [3.63, 3.8) is 0 Å². The Morgan fingerprint density at radius 1 is 0.714 bits per heavy atom. The average Bonchev–Trinajstić information content (AvgIpc) is 2.69. The van der Waals surface area contributed by atoms with Gasteiger partial charge in [-0.05, 0) is 47.9 Å². The van der Waals surface area contributed by atoms with E-state index in [9.17, 15) is 10.2 Å². The number of rotatable bonds is 5. The van der Waals surface area contributed by atoms with Gasteiger partial charge in [-0.1, -0.05) is 42.5 Å². The van der Waals surface area contributed by atoms with E-state index in [1.165, 1.54) is 0 Å². The van der Waals surface area contributed by atoms with E-state index >= 15 is 0 Å². The molecule has 0 radical (unpaired) electrons. The summed E-state index contributed by atoms with van der Waals surface area (Å²) in [6.07, 6.45) is 0. The highest BCUT2D eigenvalue weighted by Crippen LogP contribution is 2.43. The van der Waals surface area contributed by atoms with Gasteiger partial charge in [0, 0.05) is 45.1 Å². The molecule has 28 heavy (non-hydrogen) atoms. The maximum Gasteiger partial charge on any atom is 0.144 e. The lowest BCUT2D eigenvalue weighted by Crippen LogP contribution is -2.30. The monoisotopic (exact) mass is 376 g/mol. The zero-order valence-electron chi connectivity index (χ0n) is 17.1. The summed E-state index contributed by atoms with van der Waals surface area (Å²) in [5.74, 6) is 0.107. The fraction of sp³-hybridized carbons (Fsp3) is 0.250. The molecule has 0 bridgehead atoms. The molecule has 4 heteroatoms. The Morgan fingerprint density at radius 3 is 1.64 bits per heavy atom. The number of hydrogen-bond acceptors (Lipinski definition) is 4. The number of benzene rings is 3. The minimum absolute atomic E-state index is 0.107. The van der Waals surface area contributed by atoms with E-state index in [1.807, 2.05) is 106 Å². The predicted molar refractivity (Wildman–Crippen MR) is 116 cm³/mol. The van der Waals surface area contributed by atoms with E-state index in [4.69, 9.17) is 0 Å². The van der Waals surface area contributed by atoms with Crippen LogP contribution in [-0.4, -0.2) is 38.4 Å². The molecule has 0 amide bonds. The van der Waals surface area contributed by atoms with Gasteiger partial charge in [0.1, 0.15) is 11.4 Å². The fourth-order valence-corrected chi connectivity index (χ4v) is 3.45. The molecule has 3 aromatic rings. The number of para-hydroxylation sites is 1. The Labute approximate surface area is 167 Å². The summed E-state index contributed by atoms with van der Waals surface area (Å²) < 4.78 is 0. The number of nitrogens with zero attached hydrogens (tertiary/aromatic N) is 2. The van der Waals surface area contributed by atoms with E-state index in [1.54, 1.807) is 6.07 Å². The lowest BCUT2D eigenvalue weighted by atomic mass is 9.79. The molecular weight excluding hydrogens is 348 g/mol. The standard InChI is InChI=1S/C24H28N2O2/c1-17-9-6-14-22(23(17)27)24(28,18-10-7-12-20(15-18)25(2)3)19-11-8-13-21(16-19)26(4)5/h6-16,27-28H,1-5H3. The van der Waals surface area contributed by atoms with Crippen LogP contribution < -0.4 is 9.80 Å². The molecule has 2 N–H and O–H groups in total. The quantitative estimate of drug-likeness (QED) is 0.658. The predicted octanol–water partition coefficient (Wildman–Crippen LogP) is 4.12. The number of aryl methyl sites for hydroxylation is 1. The van der Waals surface area contributed by atoms with Crippen molar-refractivity contribution >= 4 is 11.4 Å². The molecule has 0 spiro atoms. The second kappa shape index (κ2) is 7.56. The molecule has 0 aromatic heterocycles. The Bertz CT molecular complexity index is 928. The molecular formula is C24H28N2O2. The lowest BCUT2D eigenvalue weighted by Gasteiger charge is -2.32. The van der Waals surface area contributed by atoms with Gasteiger partial charge in [0.15, 0.2) is 0 Å². The summed E-state index contributed by atoms with van der Waals surface area (Å²) in [5.41, 5.74) is 3.07. The van der Waals surface area contributed by atoms with Crippen molar-refractivity contribution in [2.45, 2.75) is 12.5 Å². The zero-order valence-corrected chi connectivity index (χ0v) is 17.1. The van der Waals surface area contributed by atoms with E-state index in [-0.39, 0.29) is 5.75 Å². The van der Waals surface area contributed by atoms with Crippen LogP contribution in [0.4, 0.5) is 11.4 Å². The topological polar surface area (TPSA) is 46.9 Å². The molecule has 4 nitrogen and oxygen atoms in total. The molecule has 0 atom stereocenters. The highest BCUT2D eigenvalue weighted by Gasteiger charge is 2.37. The van der Waals surface area contributed by atoms with Crippen LogP contribution in [0.2, 0.25) is 0 Å². The summed E-state index contributed by atoms with van der Waals surface area (Å²) in [4.78, 5) is 3.99. The van der Waals surface area contributed by atoms with Crippen LogP contribution in [0, 0.1) is 6.92 Å². The molecule has 0 aliphatic heterocycles. The van der Waals surface area contributed by atoms with E-state index < -0.39 is 5.60 Å². The SMILES string of the molecule is Cc1cccc(C(O)(c2cccc(N(C)C)c2)c2cccc(N(C)C)c2)c1O. The first kappa shape index (κ1) is 19.8. The number of phenolic OH excluding ortho intramolecular Hbond substituents is 1. The van der Waals surface area contributed by atoms with Gasteiger partial charge >= 0.3 is 0 Å². The number of hydrogen-bond donors (Lipinski definition) is 2. The second-order valence-corrected chi connectivity index (χ2v) is 7.57. The van der Waals surface area contributed by atoms with Crippen molar-refractivity contribution in [2.24, 2.45) is 0 Å². The van der Waals surface area contributed by atoms with Crippen LogP contribution in [0.15, 0.2) is 66.7 Å². The third kappa shape index (κ3) is 3.43. The summed E-state index contributed by atoms with van der Waals surface area (Å²) in [6, 6.07) is 21.1. The van der Waals surface area contributed by atoms with Gasteiger partial charge in [0.05, 0.1) is 0 Å². The normalized spacial score (nSPS) is 11.4. The molecule has 3 aromatic carbocycles. The molecule has 0 heterocycles. The highest BCUT2D eigenvalue weighted by molar-refractivity contribution is 5.60. The molecule has 146 valence electrons. The second-order valence-electron chi connectivity index (χ2n) is 7.57. The maximum atomic E-state index is 12.1. The van der Waals surface area contributed by atoms with Gasteiger partial charge in [0.2, 0.25) is 0 Å². The summed E-state index contributed by atoms with van der Waals surface area (Å²) in [6.45, 7) is 1.84. The van der Waals surface area contributed by atoms with Crippen molar-refractivity contribution in [2.75, 3.05) is 38.0 Å². The average molecular weight is 377 g/mol. The van der Waals surface area contributed by atoms with Crippen molar-refractivity contribution in [1.29, 1.82) is 0 Å². The first-order valence-electron chi connectivity index (χ1n) is 9.32. The van der Waals surface area contributed by atoms with Gasteiger partial charge in [-0.15, -0.1) is 0 Å². The Morgan fingerprint density at radius 2 is 1.18 bits per heavy atom. The maximum absolute atomic E-state index is 12.1. The van der Waals surface area contributed by atoms with Crippen molar-refractivity contribution in [3.05, 3.63) is 89.0 Å². The third-order valence-electron chi connectivity index (χ3n) is 5.19. The smallest absolute Gasteiger partial charge is 0.144 e. The fourth-order valence-electron chi connectivity index (χ4n) is 3.45. The molecule has 0 saturated carbocycles. The number of aromatic hydroxyl groups is 1. The van der Waals surface area contributed by atoms with Crippen LogP contribution in [0.5, 0.6) is 5.75 Å².